The van der Waals surface area contributed by atoms with E-state index in [4.69, 9.17) is 0 Å². The Morgan fingerprint density at radius 1 is 1.53 bits per heavy atom. The van der Waals surface area contributed by atoms with Crippen LogP contribution in [0.5, 0.6) is 0 Å². The third kappa shape index (κ3) is 1.89. The molecule has 0 spiro atoms. The average Bonchev–Trinajstić information content (AvgIpc) is 2.75. The van der Waals surface area contributed by atoms with Crippen LogP contribution in [0.2, 0.25) is 0 Å². The average molecular weight is 238 g/mol. The summed E-state index contributed by atoms with van der Waals surface area (Å²) in [5, 5.41) is 9.19. The van der Waals surface area contributed by atoms with Crippen molar-refractivity contribution in [3.05, 3.63) is 27.2 Å². The second-order valence-corrected chi connectivity index (χ2v) is 4.04. The van der Waals surface area contributed by atoms with Gasteiger partial charge in [0.05, 0.1) is 12.4 Å². The number of aromatic amines is 1. The first-order valence-electron chi connectivity index (χ1n) is 5.33. The van der Waals surface area contributed by atoms with Crippen molar-refractivity contribution >= 4 is 11.2 Å². The molecule has 7 heteroatoms. The van der Waals surface area contributed by atoms with Crippen molar-refractivity contribution in [2.45, 2.75) is 26.0 Å². The van der Waals surface area contributed by atoms with Gasteiger partial charge in [0.15, 0.2) is 5.65 Å². The number of aliphatic hydroxyl groups excluding tert-OH is 1. The van der Waals surface area contributed by atoms with Crippen molar-refractivity contribution in [3.8, 4) is 0 Å². The molecule has 0 bridgehead atoms. The Balaban J connectivity index is 2.63. The topological polar surface area (TPSA) is 92.9 Å². The number of imidazole rings is 1. The molecule has 0 saturated carbocycles. The van der Waals surface area contributed by atoms with Gasteiger partial charge in [0.2, 0.25) is 0 Å². The fourth-order valence-electron chi connectivity index (χ4n) is 1.71. The van der Waals surface area contributed by atoms with Crippen LogP contribution in [0.1, 0.15) is 13.3 Å². The van der Waals surface area contributed by atoms with Gasteiger partial charge in [-0.3, -0.25) is 13.9 Å². The van der Waals surface area contributed by atoms with E-state index in [1.165, 1.54) is 10.9 Å². The zero-order valence-corrected chi connectivity index (χ0v) is 9.67. The Hall–Kier alpha value is -1.89. The summed E-state index contributed by atoms with van der Waals surface area (Å²) >= 11 is 0. The van der Waals surface area contributed by atoms with Gasteiger partial charge < -0.3 is 10.1 Å². The van der Waals surface area contributed by atoms with Crippen LogP contribution in [-0.4, -0.2) is 30.3 Å². The Morgan fingerprint density at radius 2 is 2.24 bits per heavy atom. The van der Waals surface area contributed by atoms with E-state index in [1.54, 1.807) is 14.0 Å². The Labute approximate surface area is 96.3 Å². The maximum absolute atomic E-state index is 12.0. The summed E-state index contributed by atoms with van der Waals surface area (Å²) in [4.78, 5) is 30.5. The number of fused-ring (bicyclic) bond motifs is 1. The van der Waals surface area contributed by atoms with Crippen molar-refractivity contribution in [1.82, 2.24) is 19.1 Å². The second-order valence-electron chi connectivity index (χ2n) is 4.04. The SMILES string of the molecule is CC(O)CCn1c(=O)c2[nH]cnc2n(C)c1=O. The van der Waals surface area contributed by atoms with Gasteiger partial charge in [-0.05, 0) is 13.3 Å². The van der Waals surface area contributed by atoms with E-state index in [-0.39, 0.29) is 6.54 Å². The highest BCUT2D eigenvalue weighted by molar-refractivity contribution is 5.68. The molecule has 0 aliphatic rings. The summed E-state index contributed by atoms with van der Waals surface area (Å²) in [7, 11) is 1.56. The monoisotopic (exact) mass is 238 g/mol. The highest BCUT2D eigenvalue weighted by atomic mass is 16.3. The molecule has 1 unspecified atom stereocenters. The molecule has 2 N–H and O–H groups in total. The summed E-state index contributed by atoms with van der Waals surface area (Å²) in [5.74, 6) is 0. The van der Waals surface area contributed by atoms with Gasteiger partial charge in [-0.25, -0.2) is 9.78 Å². The molecule has 92 valence electrons. The lowest BCUT2D eigenvalue weighted by Gasteiger charge is -2.08. The minimum absolute atomic E-state index is 0.193. The van der Waals surface area contributed by atoms with Crippen LogP contribution in [0.4, 0.5) is 0 Å². The van der Waals surface area contributed by atoms with Crippen molar-refractivity contribution in [3.63, 3.8) is 0 Å². The fraction of sp³-hybridized carbons (Fsp3) is 0.500. The van der Waals surface area contributed by atoms with E-state index in [9.17, 15) is 14.7 Å². The third-order valence-corrected chi connectivity index (χ3v) is 2.68. The maximum Gasteiger partial charge on any atom is 0.332 e. The molecule has 0 aliphatic carbocycles. The van der Waals surface area contributed by atoms with Crippen LogP contribution >= 0.6 is 0 Å². The molecular formula is C10H14N4O3. The first kappa shape index (κ1) is 11.6. The summed E-state index contributed by atoms with van der Waals surface area (Å²) in [6.07, 6.45) is 1.18. The lowest BCUT2D eigenvalue weighted by Crippen LogP contribution is -2.39. The molecule has 2 aromatic heterocycles. The van der Waals surface area contributed by atoms with E-state index in [1.807, 2.05) is 0 Å². The lowest BCUT2D eigenvalue weighted by molar-refractivity contribution is 0.177. The number of nitrogens with zero attached hydrogens (tertiary/aromatic N) is 3. The Bertz CT molecular complexity index is 650. The summed E-state index contributed by atoms with van der Waals surface area (Å²) < 4.78 is 2.42. The van der Waals surface area contributed by atoms with Gasteiger partial charge in [0.25, 0.3) is 5.56 Å². The lowest BCUT2D eigenvalue weighted by atomic mass is 10.3. The second kappa shape index (κ2) is 4.17. The largest absolute Gasteiger partial charge is 0.393 e. The molecule has 0 radical (unpaired) electrons. The van der Waals surface area contributed by atoms with E-state index in [0.29, 0.717) is 17.6 Å². The van der Waals surface area contributed by atoms with Crippen LogP contribution in [0.15, 0.2) is 15.9 Å². The fourth-order valence-corrected chi connectivity index (χ4v) is 1.71. The maximum atomic E-state index is 12.0. The van der Waals surface area contributed by atoms with Crippen LogP contribution in [0.3, 0.4) is 0 Å². The standard InChI is InChI=1S/C10H14N4O3/c1-6(15)3-4-14-9(16)7-8(12-5-11-7)13(2)10(14)17/h5-6,15H,3-4H2,1-2H3,(H,11,12). The Morgan fingerprint density at radius 3 is 2.88 bits per heavy atom. The van der Waals surface area contributed by atoms with E-state index < -0.39 is 17.4 Å². The third-order valence-electron chi connectivity index (χ3n) is 2.68. The van der Waals surface area contributed by atoms with Crippen LogP contribution in [-0.2, 0) is 13.6 Å². The van der Waals surface area contributed by atoms with E-state index in [2.05, 4.69) is 9.97 Å². The molecule has 0 aliphatic heterocycles. The van der Waals surface area contributed by atoms with Crippen molar-refractivity contribution in [1.29, 1.82) is 0 Å². The molecule has 0 aromatic carbocycles. The summed E-state index contributed by atoms with van der Waals surface area (Å²) in [6, 6.07) is 0. The van der Waals surface area contributed by atoms with Crippen LogP contribution in [0.25, 0.3) is 11.2 Å². The molecule has 2 aromatic rings. The molecule has 7 nitrogen and oxygen atoms in total. The van der Waals surface area contributed by atoms with Gasteiger partial charge in [-0.15, -0.1) is 0 Å². The molecule has 1 atom stereocenters. The Kier molecular flexibility index (Phi) is 2.84. The minimum Gasteiger partial charge on any atom is -0.393 e. The van der Waals surface area contributed by atoms with Gasteiger partial charge in [0.1, 0.15) is 5.52 Å². The number of aryl methyl sites for hydroxylation is 1. The number of hydrogen-bond donors (Lipinski definition) is 2. The van der Waals surface area contributed by atoms with E-state index >= 15 is 0 Å². The summed E-state index contributed by atoms with van der Waals surface area (Å²) in [5.41, 5.74) is -0.178. The van der Waals surface area contributed by atoms with E-state index in [0.717, 1.165) is 4.57 Å². The molecular weight excluding hydrogens is 224 g/mol. The van der Waals surface area contributed by atoms with Crippen LogP contribution in [0, 0.1) is 0 Å². The number of aliphatic hydroxyl groups is 1. The molecule has 17 heavy (non-hydrogen) atoms. The first-order valence-corrected chi connectivity index (χ1v) is 5.33. The summed E-state index contributed by atoms with van der Waals surface area (Å²) in [6.45, 7) is 1.81. The molecule has 0 amide bonds. The van der Waals surface area contributed by atoms with Gasteiger partial charge >= 0.3 is 5.69 Å². The van der Waals surface area contributed by atoms with Gasteiger partial charge in [0, 0.05) is 13.6 Å². The number of hydrogen-bond acceptors (Lipinski definition) is 4. The van der Waals surface area contributed by atoms with Gasteiger partial charge in [-0.2, -0.15) is 0 Å². The smallest absolute Gasteiger partial charge is 0.332 e. The number of nitrogens with one attached hydrogen (secondary N) is 1. The molecule has 2 heterocycles. The normalized spacial score (nSPS) is 13.1. The number of rotatable bonds is 3. The van der Waals surface area contributed by atoms with Crippen molar-refractivity contribution in [2.75, 3.05) is 0 Å². The van der Waals surface area contributed by atoms with Crippen molar-refractivity contribution in [2.24, 2.45) is 7.05 Å². The highest BCUT2D eigenvalue weighted by Crippen LogP contribution is 1.99. The van der Waals surface area contributed by atoms with Crippen molar-refractivity contribution < 1.29 is 5.11 Å². The minimum atomic E-state index is -0.552. The van der Waals surface area contributed by atoms with Crippen LogP contribution < -0.4 is 11.2 Å². The predicted molar refractivity (Wildman–Crippen MR) is 61.9 cm³/mol. The highest BCUT2D eigenvalue weighted by Gasteiger charge is 2.12. The zero-order chi connectivity index (χ0) is 12.6. The number of H-pyrrole nitrogens is 1. The van der Waals surface area contributed by atoms with Gasteiger partial charge in [-0.1, -0.05) is 0 Å². The zero-order valence-electron chi connectivity index (χ0n) is 9.67. The molecule has 0 fully saturated rings. The number of aromatic nitrogens is 4. The molecule has 2 rings (SSSR count). The quantitative estimate of drug-likeness (QED) is 0.731. The molecule has 0 saturated heterocycles. The first-order chi connectivity index (χ1) is 8.02. The predicted octanol–water partition coefficient (Wildman–Crippen LogP) is -0.806.